The van der Waals surface area contributed by atoms with Crippen LogP contribution in [0, 0.1) is 13.8 Å². The molecule has 1 fully saturated rings. The maximum atomic E-state index is 12.2. The molecule has 6 heteroatoms. The molecule has 0 aromatic heterocycles. The summed E-state index contributed by atoms with van der Waals surface area (Å²) in [5.74, 6) is 0. The van der Waals surface area contributed by atoms with Crippen molar-refractivity contribution < 1.29 is 18.3 Å². The third-order valence-electron chi connectivity index (χ3n) is 4.23. The van der Waals surface area contributed by atoms with Crippen molar-refractivity contribution in [1.82, 2.24) is 4.90 Å². The molecular formula is C16H23F3N2O. The minimum Gasteiger partial charge on any atom is -0.391 e. The molecule has 0 amide bonds. The van der Waals surface area contributed by atoms with Crippen LogP contribution in [0.2, 0.25) is 0 Å². The van der Waals surface area contributed by atoms with Gasteiger partial charge in [-0.15, -0.1) is 0 Å². The van der Waals surface area contributed by atoms with Crippen LogP contribution in [0.5, 0.6) is 0 Å². The highest BCUT2D eigenvalue weighted by molar-refractivity contribution is 5.56. The predicted octanol–water partition coefficient (Wildman–Crippen LogP) is 2.74. The number of rotatable bonds is 4. The van der Waals surface area contributed by atoms with E-state index in [-0.39, 0.29) is 6.54 Å². The van der Waals surface area contributed by atoms with Crippen molar-refractivity contribution in [2.24, 2.45) is 0 Å². The molecule has 1 atom stereocenters. The summed E-state index contributed by atoms with van der Waals surface area (Å²) in [5, 5.41) is 9.53. The van der Waals surface area contributed by atoms with E-state index < -0.39 is 18.7 Å². The number of aliphatic hydroxyl groups excluding tert-OH is 1. The van der Waals surface area contributed by atoms with Crippen LogP contribution < -0.4 is 4.90 Å². The molecule has 1 N–H and O–H groups in total. The van der Waals surface area contributed by atoms with Gasteiger partial charge in [-0.1, -0.05) is 12.1 Å². The lowest BCUT2D eigenvalue weighted by Gasteiger charge is -2.37. The number of halogens is 3. The number of benzene rings is 1. The molecule has 1 aliphatic heterocycles. The van der Waals surface area contributed by atoms with Crippen molar-refractivity contribution in [3.8, 4) is 0 Å². The van der Waals surface area contributed by atoms with Crippen molar-refractivity contribution in [2.75, 3.05) is 37.6 Å². The second-order valence-corrected chi connectivity index (χ2v) is 5.98. The molecular weight excluding hydrogens is 293 g/mol. The Morgan fingerprint density at radius 3 is 2.36 bits per heavy atom. The van der Waals surface area contributed by atoms with Crippen molar-refractivity contribution in [1.29, 1.82) is 0 Å². The molecule has 1 saturated heterocycles. The lowest BCUT2D eigenvalue weighted by Crippen LogP contribution is -2.49. The largest absolute Gasteiger partial charge is 0.391 e. The number of piperazine rings is 1. The minimum absolute atomic E-state index is 0.0835. The number of hydrogen-bond donors (Lipinski definition) is 1. The van der Waals surface area contributed by atoms with Gasteiger partial charge < -0.3 is 10.0 Å². The monoisotopic (exact) mass is 316 g/mol. The summed E-state index contributed by atoms with van der Waals surface area (Å²) in [6.07, 6.45) is -6.78. The number of nitrogens with zero attached hydrogens (tertiary/aromatic N) is 2. The van der Waals surface area contributed by atoms with Crippen LogP contribution in [-0.4, -0.2) is 55.0 Å². The molecule has 0 aliphatic carbocycles. The number of alkyl halides is 3. The van der Waals surface area contributed by atoms with E-state index in [0.717, 1.165) is 13.1 Å². The number of anilines is 1. The maximum Gasteiger partial charge on any atom is 0.391 e. The van der Waals surface area contributed by atoms with Crippen molar-refractivity contribution in [3.05, 3.63) is 29.3 Å². The van der Waals surface area contributed by atoms with Crippen LogP contribution in [0.25, 0.3) is 0 Å². The zero-order chi connectivity index (χ0) is 16.3. The third kappa shape index (κ3) is 4.61. The summed E-state index contributed by atoms with van der Waals surface area (Å²) in [6.45, 7) is 7.11. The van der Waals surface area contributed by atoms with Gasteiger partial charge in [-0.2, -0.15) is 13.2 Å². The van der Waals surface area contributed by atoms with Crippen LogP contribution in [0.15, 0.2) is 18.2 Å². The molecule has 0 spiro atoms. The van der Waals surface area contributed by atoms with Gasteiger partial charge in [0.1, 0.15) is 0 Å². The highest BCUT2D eigenvalue weighted by Gasteiger charge is 2.32. The van der Waals surface area contributed by atoms with E-state index in [9.17, 15) is 18.3 Å². The van der Waals surface area contributed by atoms with Crippen LogP contribution in [0.3, 0.4) is 0 Å². The maximum absolute atomic E-state index is 12.2. The smallest absolute Gasteiger partial charge is 0.391 e. The van der Waals surface area contributed by atoms with Gasteiger partial charge in [0.2, 0.25) is 0 Å². The Bertz CT molecular complexity index is 497. The molecule has 1 unspecified atom stereocenters. The fraction of sp³-hybridized carbons (Fsp3) is 0.625. The molecule has 124 valence electrons. The number of aryl methyl sites for hydroxylation is 1. The second kappa shape index (κ2) is 6.87. The molecule has 1 aromatic rings. The molecule has 0 saturated carbocycles. The molecule has 1 aliphatic rings. The summed E-state index contributed by atoms with van der Waals surface area (Å²) in [4.78, 5) is 4.16. The normalized spacial score (nSPS) is 18.5. The molecule has 3 nitrogen and oxygen atoms in total. The van der Waals surface area contributed by atoms with Gasteiger partial charge in [0.15, 0.2) is 0 Å². The average Bonchev–Trinajstić information content (AvgIpc) is 2.41. The SMILES string of the molecule is Cc1cccc(N2CCN(CC(O)CC(F)(F)F)CC2)c1C. The van der Waals surface area contributed by atoms with Gasteiger partial charge in [0.05, 0.1) is 12.5 Å². The molecule has 0 radical (unpaired) electrons. The number of β-amino-alcohol motifs (C(OH)–C–C–N with tert-alkyl or cyclic N) is 1. The number of hydrogen-bond acceptors (Lipinski definition) is 3. The van der Waals surface area contributed by atoms with Crippen LogP contribution in [0.4, 0.5) is 18.9 Å². The van der Waals surface area contributed by atoms with Gasteiger partial charge in [-0.3, -0.25) is 4.90 Å². The Balaban J connectivity index is 1.87. The van der Waals surface area contributed by atoms with Crippen molar-refractivity contribution in [2.45, 2.75) is 32.5 Å². The average molecular weight is 316 g/mol. The lowest BCUT2D eigenvalue weighted by atomic mass is 10.1. The van der Waals surface area contributed by atoms with E-state index in [1.54, 1.807) is 0 Å². The molecule has 2 rings (SSSR count). The lowest BCUT2D eigenvalue weighted by molar-refractivity contribution is -0.155. The van der Waals surface area contributed by atoms with E-state index in [1.807, 2.05) is 11.0 Å². The van der Waals surface area contributed by atoms with E-state index in [1.165, 1.54) is 16.8 Å². The van der Waals surface area contributed by atoms with Gasteiger partial charge in [0.25, 0.3) is 0 Å². The first-order valence-electron chi connectivity index (χ1n) is 7.54. The summed E-state index contributed by atoms with van der Waals surface area (Å²) in [5.41, 5.74) is 3.67. The first-order chi connectivity index (χ1) is 10.3. The number of aliphatic hydroxyl groups is 1. The van der Waals surface area contributed by atoms with Gasteiger partial charge >= 0.3 is 6.18 Å². The van der Waals surface area contributed by atoms with E-state index in [2.05, 4.69) is 30.9 Å². The Hall–Kier alpha value is -1.27. The fourth-order valence-electron chi connectivity index (χ4n) is 2.88. The van der Waals surface area contributed by atoms with Gasteiger partial charge in [-0.05, 0) is 31.0 Å². The zero-order valence-corrected chi connectivity index (χ0v) is 13.0. The Morgan fingerprint density at radius 2 is 1.77 bits per heavy atom. The Morgan fingerprint density at radius 1 is 1.14 bits per heavy atom. The van der Waals surface area contributed by atoms with Crippen molar-refractivity contribution in [3.63, 3.8) is 0 Å². The summed E-state index contributed by atoms with van der Waals surface area (Å²) in [6, 6.07) is 6.18. The molecule has 1 heterocycles. The van der Waals surface area contributed by atoms with Crippen molar-refractivity contribution >= 4 is 5.69 Å². The highest BCUT2D eigenvalue weighted by Crippen LogP contribution is 2.25. The highest BCUT2D eigenvalue weighted by atomic mass is 19.4. The predicted molar refractivity (Wildman–Crippen MR) is 81.2 cm³/mol. The second-order valence-electron chi connectivity index (χ2n) is 5.98. The molecule has 1 aromatic carbocycles. The first-order valence-corrected chi connectivity index (χ1v) is 7.54. The first kappa shape index (κ1) is 17.1. The fourth-order valence-corrected chi connectivity index (χ4v) is 2.88. The Kier molecular flexibility index (Phi) is 5.34. The Labute approximate surface area is 129 Å². The van der Waals surface area contributed by atoms with Crippen LogP contribution in [0.1, 0.15) is 17.5 Å². The van der Waals surface area contributed by atoms with Crippen LogP contribution >= 0.6 is 0 Å². The third-order valence-corrected chi connectivity index (χ3v) is 4.23. The molecule has 0 bridgehead atoms. The standard InChI is InChI=1S/C16H23F3N2O/c1-12-4-3-5-15(13(12)2)21-8-6-20(7-9-21)11-14(22)10-16(17,18)19/h3-5,14,22H,6-11H2,1-2H3. The zero-order valence-electron chi connectivity index (χ0n) is 13.0. The quantitative estimate of drug-likeness (QED) is 0.925. The molecule has 22 heavy (non-hydrogen) atoms. The van der Waals surface area contributed by atoms with Gasteiger partial charge in [-0.25, -0.2) is 0 Å². The van der Waals surface area contributed by atoms with Gasteiger partial charge in [0, 0.05) is 38.4 Å². The minimum atomic E-state index is -4.31. The summed E-state index contributed by atoms with van der Waals surface area (Å²) >= 11 is 0. The van der Waals surface area contributed by atoms with Crippen LogP contribution in [-0.2, 0) is 0 Å². The summed E-state index contributed by atoms with van der Waals surface area (Å²) in [7, 11) is 0. The van der Waals surface area contributed by atoms with E-state index in [4.69, 9.17) is 0 Å². The van der Waals surface area contributed by atoms with E-state index >= 15 is 0 Å². The topological polar surface area (TPSA) is 26.7 Å². The summed E-state index contributed by atoms with van der Waals surface area (Å²) < 4.78 is 36.7. The van der Waals surface area contributed by atoms with E-state index in [0.29, 0.717) is 13.1 Å².